The Hall–Kier alpha value is -2.57. The Labute approximate surface area is 128 Å². The van der Waals surface area contributed by atoms with E-state index in [-0.39, 0.29) is 6.04 Å². The number of carbonyl (C=O) groups excluding carboxylic acids is 3. The van der Waals surface area contributed by atoms with Crippen LogP contribution in [0.1, 0.15) is 12.8 Å². The Balaban J connectivity index is 1.85. The van der Waals surface area contributed by atoms with Crippen molar-refractivity contribution in [1.29, 1.82) is 0 Å². The van der Waals surface area contributed by atoms with E-state index in [2.05, 4.69) is 15.4 Å². The van der Waals surface area contributed by atoms with Crippen LogP contribution >= 0.6 is 0 Å². The molecule has 3 amide bonds. The molecule has 0 spiro atoms. The van der Waals surface area contributed by atoms with Crippen LogP contribution in [0.5, 0.6) is 0 Å². The van der Waals surface area contributed by atoms with Crippen LogP contribution in [0.3, 0.4) is 0 Å². The highest BCUT2D eigenvalue weighted by atomic mass is 16.5. The quantitative estimate of drug-likeness (QED) is 0.797. The zero-order valence-electron chi connectivity index (χ0n) is 12.4. The summed E-state index contributed by atoms with van der Waals surface area (Å²) in [6.45, 7) is 0.937. The number of para-hydroxylation sites is 1. The van der Waals surface area contributed by atoms with Gasteiger partial charge in [-0.2, -0.15) is 0 Å². The molecule has 0 radical (unpaired) electrons. The van der Waals surface area contributed by atoms with Gasteiger partial charge in [0.2, 0.25) is 0 Å². The molecule has 0 aliphatic carbocycles. The van der Waals surface area contributed by atoms with E-state index in [1.807, 2.05) is 6.07 Å². The first kappa shape index (κ1) is 15.8. The number of piperidine rings is 1. The molecule has 0 saturated carbocycles. The summed E-state index contributed by atoms with van der Waals surface area (Å²) < 4.78 is 4.66. The van der Waals surface area contributed by atoms with Gasteiger partial charge in [0.1, 0.15) is 0 Å². The van der Waals surface area contributed by atoms with Gasteiger partial charge in [-0.25, -0.2) is 4.79 Å². The summed E-state index contributed by atoms with van der Waals surface area (Å²) in [5.74, 6) is -1.43. The van der Waals surface area contributed by atoms with Crippen LogP contribution in [0, 0.1) is 0 Å². The van der Waals surface area contributed by atoms with E-state index in [0.29, 0.717) is 18.8 Å². The number of rotatable bonds is 2. The van der Waals surface area contributed by atoms with Crippen LogP contribution in [-0.2, 0) is 14.3 Å². The van der Waals surface area contributed by atoms with E-state index < -0.39 is 17.9 Å². The summed E-state index contributed by atoms with van der Waals surface area (Å²) in [4.78, 5) is 36.7. The Bertz CT molecular complexity index is 547. The van der Waals surface area contributed by atoms with Crippen LogP contribution in [0.4, 0.5) is 10.5 Å². The number of benzene rings is 1. The highest BCUT2D eigenvalue weighted by Crippen LogP contribution is 2.11. The topological polar surface area (TPSA) is 87.7 Å². The summed E-state index contributed by atoms with van der Waals surface area (Å²) in [6, 6.07) is 8.50. The number of nitrogens with one attached hydrogen (secondary N) is 2. The molecule has 118 valence electrons. The number of ether oxygens (including phenoxy) is 1. The number of hydrogen-bond donors (Lipinski definition) is 2. The minimum atomic E-state index is -0.721. The lowest BCUT2D eigenvalue weighted by molar-refractivity contribution is -0.136. The van der Waals surface area contributed by atoms with Crippen molar-refractivity contribution in [3.05, 3.63) is 30.3 Å². The van der Waals surface area contributed by atoms with Crippen molar-refractivity contribution in [3.63, 3.8) is 0 Å². The maximum absolute atomic E-state index is 11.9. The van der Waals surface area contributed by atoms with E-state index in [1.165, 1.54) is 12.0 Å². The van der Waals surface area contributed by atoms with Gasteiger partial charge in [0, 0.05) is 24.8 Å². The molecule has 1 aromatic rings. The summed E-state index contributed by atoms with van der Waals surface area (Å²) in [5, 5.41) is 5.17. The average molecular weight is 305 g/mol. The average Bonchev–Trinajstić information content (AvgIpc) is 2.55. The fourth-order valence-corrected chi connectivity index (χ4v) is 2.35. The first-order valence-corrected chi connectivity index (χ1v) is 7.10. The van der Waals surface area contributed by atoms with Crippen LogP contribution in [0.25, 0.3) is 0 Å². The van der Waals surface area contributed by atoms with Crippen molar-refractivity contribution >= 4 is 23.6 Å². The molecule has 1 aliphatic rings. The number of methoxy groups -OCH3 is 1. The molecule has 0 unspecified atom stereocenters. The second kappa shape index (κ2) is 7.44. The molecule has 7 nitrogen and oxygen atoms in total. The predicted molar refractivity (Wildman–Crippen MR) is 80.2 cm³/mol. The van der Waals surface area contributed by atoms with Crippen molar-refractivity contribution in [2.75, 3.05) is 25.5 Å². The molecule has 22 heavy (non-hydrogen) atoms. The van der Waals surface area contributed by atoms with Crippen LogP contribution in [-0.4, -0.2) is 49.0 Å². The molecule has 0 aromatic heterocycles. The molecule has 1 aliphatic heterocycles. The van der Waals surface area contributed by atoms with Gasteiger partial charge in [0.05, 0.1) is 7.11 Å². The molecular weight excluding hydrogens is 286 g/mol. The minimum absolute atomic E-state index is 0.248. The molecule has 1 saturated heterocycles. The highest BCUT2D eigenvalue weighted by Gasteiger charge is 2.26. The smallest absolute Gasteiger partial charge is 0.409 e. The first-order chi connectivity index (χ1) is 10.6. The number of hydrogen-bond acceptors (Lipinski definition) is 4. The predicted octanol–water partition coefficient (Wildman–Crippen LogP) is 0.972. The lowest BCUT2D eigenvalue weighted by Gasteiger charge is -2.31. The number of carbonyl (C=O) groups is 3. The molecule has 2 N–H and O–H groups in total. The highest BCUT2D eigenvalue weighted by molar-refractivity contribution is 6.39. The molecule has 2 rings (SSSR count). The molecular formula is C15H19N3O4. The normalized spacial score (nSPS) is 17.5. The van der Waals surface area contributed by atoms with Gasteiger partial charge in [-0.15, -0.1) is 0 Å². The molecule has 1 atom stereocenters. The third-order valence-electron chi connectivity index (χ3n) is 3.43. The third kappa shape index (κ3) is 4.21. The fourth-order valence-electron chi connectivity index (χ4n) is 2.35. The van der Waals surface area contributed by atoms with Gasteiger partial charge < -0.3 is 20.3 Å². The Morgan fingerprint density at radius 3 is 2.59 bits per heavy atom. The van der Waals surface area contributed by atoms with E-state index in [9.17, 15) is 14.4 Å². The van der Waals surface area contributed by atoms with Gasteiger partial charge in [0.25, 0.3) is 0 Å². The van der Waals surface area contributed by atoms with Crippen LogP contribution < -0.4 is 10.6 Å². The van der Waals surface area contributed by atoms with Crippen molar-refractivity contribution in [2.24, 2.45) is 0 Å². The SMILES string of the molecule is COC(=O)N1CCC[C@H](NC(=O)C(=O)Nc2ccccc2)C1. The van der Waals surface area contributed by atoms with Crippen molar-refractivity contribution < 1.29 is 19.1 Å². The van der Waals surface area contributed by atoms with E-state index >= 15 is 0 Å². The maximum atomic E-state index is 11.9. The first-order valence-electron chi connectivity index (χ1n) is 7.10. The zero-order chi connectivity index (χ0) is 15.9. The van der Waals surface area contributed by atoms with Gasteiger partial charge in [-0.3, -0.25) is 9.59 Å². The Kier molecular flexibility index (Phi) is 5.35. The summed E-state index contributed by atoms with van der Waals surface area (Å²) >= 11 is 0. The lowest BCUT2D eigenvalue weighted by atomic mass is 10.1. The van der Waals surface area contributed by atoms with E-state index in [1.54, 1.807) is 24.3 Å². The van der Waals surface area contributed by atoms with Gasteiger partial charge in [0.15, 0.2) is 0 Å². The molecule has 7 heteroatoms. The van der Waals surface area contributed by atoms with Crippen molar-refractivity contribution in [2.45, 2.75) is 18.9 Å². The maximum Gasteiger partial charge on any atom is 0.409 e. The molecule has 1 heterocycles. The fraction of sp³-hybridized carbons (Fsp3) is 0.400. The molecule has 1 aromatic carbocycles. The van der Waals surface area contributed by atoms with Crippen LogP contribution in [0.15, 0.2) is 30.3 Å². The molecule has 0 bridgehead atoms. The van der Waals surface area contributed by atoms with Crippen molar-refractivity contribution in [1.82, 2.24) is 10.2 Å². The summed E-state index contributed by atoms with van der Waals surface area (Å²) in [7, 11) is 1.32. The Morgan fingerprint density at radius 2 is 1.91 bits per heavy atom. The van der Waals surface area contributed by atoms with Gasteiger partial charge in [-0.1, -0.05) is 18.2 Å². The largest absolute Gasteiger partial charge is 0.453 e. The standard InChI is InChI=1S/C15H19N3O4/c1-22-15(21)18-9-5-8-12(10-18)17-14(20)13(19)16-11-6-3-2-4-7-11/h2-4,6-7,12H,5,8-10H2,1H3,(H,16,19)(H,17,20)/t12-/m0/s1. The second-order valence-electron chi connectivity index (χ2n) is 5.05. The second-order valence-corrected chi connectivity index (χ2v) is 5.05. The summed E-state index contributed by atoms with van der Waals surface area (Å²) in [6.07, 6.45) is 1.05. The van der Waals surface area contributed by atoms with E-state index in [0.717, 1.165) is 12.8 Å². The van der Waals surface area contributed by atoms with Crippen LogP contribution in [0.2, 0.25) is 0 Å². The van der Waals surface area contributed by atoms with Gasteiger partial charge in [-0.05, 0) is 25.0 Å². The number of anilines is 1. The lowest BCUT2D eigenvalue weighted by Crippen LogP contribution is -2.51. The third-order valence-corrected chi connectivity index (χ3v) is 3.43. The Morgan fingerprint density at radius 1 is 1.18 bits per heavy atom. The molecule has 1 fully saturated rings. The minimum Gasteiger partial charge on any atom is -0.453 e. The van der Waals surface area contributed by atoms with E-state index in [4.69, 9.17) is 0 Å². The monoisotopic (exact) mass is 305 g/mol. The number of amides is 3. The summed E-state index contributed by atoms with van der Waals surface area (Å²) in [5.41, 5.74) is 0.558. The number of nitrogens with zero attached hydrogens (tertiary/aromatic N) is 1. The number of likely N-dealkylation sites (tertiary alicyclic amines) is 1. The van der Waals surface area contributed by atoms with Crippen molar-refractivity contribution in [3.8, 4) is 0 Å². The zero-order valence-corrected chi connectivity index (χ0v) is 12.4. The van der Waals surface area contributed by atoms with Gasteiger partial charge >= 0.3 is 17.9 Å².